The van der Waals surface area contributed by atoms with Gasteiger partial charge in [0.25, 0.3) is 0 Å². The quantitative estimate of drug-likeness (QED) is 0.178. The third-order valence-corrected chi connectivity index (χ3v) is 12.1. The predicted molar refractivity (Wildman–Crippen MR) is 207 cm³/mol. The van der Waals surface area contributed by atoms with E-state index in [0.717, 1.165) is 16.8 Å². The minimum atomic E-state index is -1.03. The van der Waals surface area contributed by atoms with E-state index in [2.05, 4.69) is 78.5 Å². The number of nitrogens with one attached hydrogen (secondary N) is 1. The summed E-state index contributed by atoms with van der Waals surface area (Å²) in [4.78, 5) is 35.6. The molecule has 5 N–H and O–H groups in total. The van der Waals surface area contributed by atoms with E-state index in [1.54, 1.807) is 20.8 Å². The van der Waals surface area contributed by atoms with Crippen LogP contribution >= 0.6 is 0 Å². The van der Waals surface area contributed by atoms with Gasteiger partial charge < -0.3 is 26.0 Å². The Morgan fingerprint density at radius 1 is 0.771 bits per heavy atom. The number of aliphatic carboxylic acids is 2. The van der Waals surface area contributed by atoms with Crippen LogP contribution in [-0.4, -0.2) is 87.7 Å². The van der Waals surface area contributed by atoms with Crippen molar-refractivity contribution in [2.24, 2.45) is 5.73 Å². The monoisotopic (exact) mass is 725 g/mol. The molecule has 2 aromatic carbocycles. The van der Waals surface area contributed by atoms with Crippen LogP contribution < -0.4 is 11.1 Å². The third-order valence-electron chi connectivity index (χ3n) is 7.34. The fourth-order valence-corrected chi connectivity index (χ4v) is 9.04. The normalized spacial score (nSPS) is 15.1. The van der Waals surface area contributed by atoms with Crippen molar-refractivity contribution in [2.75, 3.05) is 36.5 Å². The molecule has 0 bridgehead atoms. The molecule has 2 unspecified atom stereocenters. The van der Waals surface area contributed by atoms with Crippen LogP contribution in [0.15, 0.2) is 70.5 Å². The molecule has 0 aromatic heterocycles. The molecule has 1 saturated carbocycles. The Balaban J connectivity index is 0.000000385. The summed E-state index contributed by atoms with van der Waals surface area (Å²) < 4.78 is 5.01. The van der Waals surface area contributed by atoms with Gasteiger partial charge in [0.05, 0.1) is 35.9 Å². The molecule has 0 aliphatic heterocycles. The first kappa shape index (κ1) is 43.7. The number of hydrogen-bond donors (Lipinski definition) is 4. The van der Waals surface area contributed by atoms with Crippen molar-refractivity contribution >= 4 is 50.7 Å². The summed E-state index contributed by atoms with van der Waals surface area (Å²) in [5, 5.41) is 20.5. The number of rotatable bonds is 12. The lowest BCUT2D eigenvalue weighted by atomic mass is 10.0. The van der Waals surface area contributed by atoms with Gasteiger partial charge in [-0.2, -0.15) is 0 Å². The van der Waals surface area contributed by atoms with E-state index in [1.165, 1.54) is 54.7 Å². The average molecular weight is 726 g/mol. The largest absolute Gasteiger partial charge is 0.480 e. The second-order valence-electron chi connectivity index (χ2n) is 13.4. The summed E-state index contributed by atoms with van der Waals surface area (Å²) in [5.41, 5.74) is 4.65. The molecule has 8 nitrogen and oxygen atoms in total. The van der Waals surface area contributed by atoms with Gasteiger partial charge in [0.2, 0.25) is 0 Å². The zero-order valence-corrected chi connectivity index (χ0v) is 32.6. The lowest BCUT2D eigenvalue weighted by Gasteiger charge is -2.21. The molecular formula is C37H61N2O6S3+3. The molecule has 270 valence electrons. The van der Waals surface area contributed by atoms with Gasteiger partial charge in [-0.3, -0.25) is 4.79 Å². The number of ether oxygens (including phenoxy) is 1. The fourth-order valence-electron chi connectivity index (χ4n) is 4.86. The number of amides is 1. The molecule has 1 aliphatic rings. The van der Waals surface area contributed by atoms with Gasteiger partial charge in [0.15, 0.2) is 9.79 Å². The Bertz CT molecular complexity index is 1130. The Morgan fingerprint density at radius 3 is 1.60 bits per heavy atom. The number of alkyl carbamates (subject to hydrolysis) is 1. The first-order chi connectivity index (χ1) is 22.6. The minimum absolute atomic E-state index is 0.158. The van der Waals surface area contributed by atoms with Crippen LogP contribution in [0.3, 0.4) is 0 Å². The second-order valence-corrected chi connectivity index (χ2v) is 20.4. The molecular weight excluding hydrogens is 665 g/mol. The van der Waals surface area contributed by atoms with Gasteiger partial charge in [-0.05, 0) is 92.5 Å². The highest BCUT2D eigenvalue weighted by atomic mass is 32.2. The number of carboxylic acid groups (broad SMARTS) is 2. The minimum Gasteiger partial charge on any atom is -0.480 e. The number of benzene rings is 2. The summed E-state index contributed by atoms with van der Waals surface area (Å²) in [6.07, 6.45) is 18.5. The summed E-state index contributed by atoms with van der Waals surface area (Å²) in [5.74, 6) is -0.244. The van der Waals surface area contributed by atoms with Gasteiger partial charge in [-0.25, -0.2) is 9.59 Å². The van der Waals surface area contributed by atoms with Crippen LogP contribution in [0.25, 0.3) is 0 Å². The Labute approximate surface area is 298 Å². The van der Waals surface area contributed by atoms with Gasteiger partial charge in [-0.15, -0.1) is 0 Å². The molecule has 1 fully saturated rings. The highest BCUT2D eigenvalue weighted by Crippen LogP contribution is 2.34. The van der Waals surface area contributed by atoms with Gasteiger partial charge in [0.1, 0.15) is 34.4 Å². The van der Waals surface area contributed by atoms with E-state index in [4.69, 9.17) is 20.7 Å². The van der Waals surface area contributed by atoms with Crippen molar-refractivity contribution in [3.8, 4) is 0 Å². The standard InChI is InChI=1S/C20H25S.C11H21NO4S.C6H13NO2S/c1-2-6-12-18(13-7-3-1)21(19-14-8-4-9-15-19)20-16-10-5-11-17-20;1-11(2,3)16-10(15)12-8(9(13)14)6-7-17(4)5;1-10(2)4-3-5(7)6(8)9/h4-5,8-11,14-18H,1-3,6-7,12-13H2;8H,6-7H2,1-5H3,(H-,12,13,14,15);5H,3-4,7H2,1-2H3/q+1;;/p+2. The first-order valence-electron chi connectivity index (χ1n) is 16.7. The molecule has 2 aromatic rings. The zero-order chi connectivity index (χ0) is 36.1. The van der Waals surface area contributed by atoms with Crippen LogP contribution in [0.5, 0.6) is 0 Å². The maximum atomic E-state index is 11.4. The van der Waals surface area contributed by atoms with E-state index in [1.807, 2.05) is 12.5 Å². The topological polar surface area (TPSA) is 139 Å². The van der Waals surface area contributed by atoms with E-state index < -0.39 is 35.7 Å². The highest BCUT2D eigenvalue weighted by molar-refractivity contribution is 7.97. The molecule has 11 heteroatoms. The third kappa shape index (κ3) is 20.2. The number of nitrogens with two attached hydrogens (primary N) is 1. The molecule has 0 spiro atoms. The summed E-state index contributed by atoms with van der Waals surface area (Å²) in [6.45, 7) is 5.20. The molecule has 1 aliphatic carbocycles. The molecule has 2 atom stereocenters. The van der Waals surface area contributed by atoms with Crippen molar-refractivity contribution in [1.29, 1.82) is 0 Å². The van der Waals surface area contributed by atoms with Crippen LogP contribution in [-0.2, 0) is 47.0 Å². The predicted octanol–water partition coefficient (Wildman–Crippen LogP) is 6.73. The van der Waals surface area contributed by atoms with Crippen molar-refractivity contribution in [3.05, 3.63) is 60.7 Å². The summed E-state index contributed by atoms with van der Waals surface area (Å²) >= 11 is 0. The molecule has 0 saturated heterocycles. The molecule has 0 heterocycles. The second kappa shape index (κ2) is 23.9. The summed E-state index contributed by atoms with van der Waals surface area (Å²) in [6, 6.07) is 20.8. The van der Waals surface area contributed by atoms with Crippen molar-refractivity contribution in [2.45, 2.75) is 111 Å². The van der Waals surface area contributed by atoms with Gasteiger partial charge in [-0.1, -0.05) is 55.7 Å². The summed E-state index contributed by atoms with van der Waals surface area (Å²) in [7, 11) is 0.705. The number of carboxylic acids is 2. The molecule has 1 amide bonds. The molecule has 3 rings (SSSR count). The van der Waals surface area contributed by atoms with Crippen LogP contribution in [0, 0.1) is 0 Å². The Hall–Kier alpha value is -2.34. The van der Waals surface area contributed by atoms with Crippen molar-refractivity contribution in [3.63, 3.8) is 0 Å². The highest BCUT2D eigenvalue weighted by Gasteiger charge is 2.35. The SMILES string of the molecule is C[S+](C)CCC(N)C(=O)O.C[S+](C)CCC(NC(=O)OC(C)(C)C)C(=O)O.c1ccc([S+](c2ccccc2)C2CCCCCCC2)cc1. The first-order valence-corrected chi connectivity index (χ1v) is 22.4. The lowest BCUT2D eigenvalue weighted by Crippen LogP contribution is -2.44. The number of carbonyl (C=O) groups excluding carboxylic acids is 1. The van der Waals surface area contributed by atoms with E-state index >= 15 is 0 Å². The van der Waals surface area contributed by atoms with Crippen LogP contribution in [0.1, 0.15) is 78.6 Å². The van der Waals surface area contributed by atoms with E-state index in [-0.39, 0.29) is 21.8 Å². The smallest absolute Gasteiger partial charge is 0.408 e. The van der Waals surface area contributed by atoms with Gasteiger partial charge >= 0.3 is 18.0 Å². The van der Waals surface area contributed by atoms with Crippen molar-refractivity contribution < 1.29 is 29.3 Å². The zero-order valence-electron chi connectivity index (χ0n) is 30.1. The fraction of sp³-hybridized carbons (Fsp3) is 0.595. The lowest BCUT2D eigenvalue weighted by molar-refractivity contribution is -0.140. The van der Waals surface area contributed by atoms with E-state index in [9.17, 15) is 14.4 Å². The molecule has 48 heavy (non-hydrogen) atoms. The maximum absolute atomic E-state index is 11.4. The Morgan fingerprint density at radius 2 is 1.21 bits per heavy atom. The number of carbonyl (C=O) groups is 3. The van der Waals surface area contributed by atoms with Crippen molar-refractivity contribution in [1.82, 2.24) is 5.32 Å². The van der Waals surface area contributed by atoms with Crippen LogP contribution in [0.4, 0.5) is 4.79 Å². The molecule has 0 radical (unpaired) electrons. The van der Waals surface area contributed by atoms with Crippen LogP contribution in [0.2, 0.25) is 0 Å². The average Bonchev–Trinajstić information content (AvgIpc) is 2.99. The van der Waals surface area contributed by atoms with E-state index in [0.29, 0.717) is 23.7 Å². The van der Waals surface area contributed by atoms with Gasteiger partial charge in [0, 0.05) is 12.8 Å². The Kier molecular flexibility index (Phi) is 21.8. The number of hydrogen-bond acceptors (Lipinski definition) is 5. The maximum Gasteiger partial charge on any atom is 0.408 e.